The minimum Gasteiger partial charge on any atom is -0.329 e. The van der Waals surface area contributed by atoms with E-state index in [-0.39, 0.29) is 4.75 Å². The van der Waals surface area contributed by atoms with E-state index in [0.717, 1.165) is 12.0 Å². The molecule has 0 aromatic rings. The summed E-state index contributed by atoms with van der Waals surface area (Å²) in [6.45, 7) is 5.84. The topological polar surface area (TPSA) is 20.2 Å². The SMILES string of the molecule is CC=CC(C)(C=CC)SO. The third-order valence-corrected chi connectivity index (χ3v) is 1.86. The molecule has 58 valence electrons. The molecule has 0 bridgehead atoms. The fraction of sp³-hybridized carbons (Fsp3) is 0.500. The van der Waals surface area contributed by atoms with Crippen molar-refractivity contribution in [2.45, 2.75) is 25.5 Å². The van der Waals surface area contributed by atoms with Crippen LogP contribution < -0.4 is 0 Å². The third kappa shape index (κ3) is 3.08. The average Bonchev–Trinajstić information content (AvgIpc) is 1.89. The van der Waals surface area contributed by atoms with Gasteiger partial charge in [-0.3, -0.25) is 0 Å². The lowest BCUT2D eigenvalue weighted by atomic mass is 10.1. The predicted octanol–water partition coefficient (Wildman–Crippen LogP) is 3.10. The van der Waals surface area contributed by atoms with E-state index < -0.39 is 0 Å². The average molecular weight is 158 g/mol. The highest BCUT2D eigenvalue weighted by molar-refractivity contribution is 7.95. The number of hydrogen-bond acceptors (Lipinski definition) is 2. The van der Waals surface area contributed by atoms with Crippen LogP contribution in [-0.4, -0.2) is 9.30 Å². The van der Waals surface area contributed by atoms with Gasteiger partial charge in [0.05, 0.1) is 4.75 Å². The van der Waals surface area contributed by atoms with Gasteiger partial charge < -0.3 is 4.55 Å². The van der Waals surface area contributed by atoms with Crippen LogP contribution in [0.15, 0.2) is 24.3 Å². The Hall–Kier alpha value is -0.210. The molecule has 0 aromatic carbocycles. The molecule has 10 heavy (non-hydrogen) atoms. The summed E-state index contributed by atoms with van der Waals surface area (Å²) in [6, 6.07) is 0. The highest BCUT2D eigenvalue weighted by Gasteiger charge is 2.15. The molecule has 0 aromatic heterocycles. The van der Waals surface area contributed by atoms with Crippen LogP contribution in [0.4, 0.5) is 0 Å². The first kappa shape index (κ1) is 9.79. The lowest BCUT2D eigenvalue weighted by Gasteiger charge is -2.15. The molecule has 1 nitrogen and oxygen atoms in total. The van der Waals surface area contributed by atoms with Gasteiger partial charge in [0.2, 0.25) is 0 Å². The summed E-state index contributed by atoms with van der Waals surface area (Å²) >= 11 is 0.848. The standard InChI is InChI=1S/C8H14OS/c1-4-6-8(3,10-9)7-5-2/h4-7,9H,1-3H3. The van der Waals surface area contributed by atoms with Gasteiger partial charge in [0.15, 0.2) is 0 Å². The summed E-state index contributed by atoms with van der Waals surface area (Å²) in [5.41, 5.74) is 0. The second kappa shape index (κ2) is 4.58. The van der Waals surface area contributed by atoms with Crippen LogP contribution in [0.2, 0.25) is 0 Å². The van der Waals surface area contributed by atoms with Gasteiger partial charge in [0.1, 0.15) is 0 Å². The van der Waals surface area contributed by atoms with Crippen molar-refractivity contribution >= 4 is 12.0 Å². The van der Waals surface area contributed by atoms with Crippen molar-refractivity contribution < 1.29 is 4.55 Å². The molecule has 0 rings (SSSR count). The molecule has 0 aliphatic carbocycles. The summed E-state index contributed by atoms with van der Waals surface area (Å²) in [4.78, 5) is 0. The van der Waals surface area contributed by atoms with Crippen LogP contribution in [0.5, 0.6) is 0 Å². The van der Waals surface area contributed by atoms with Crippen molar-refractivity contribution in [3.63, 3.8) is 0 Å². The Morgan fingerprint density at radius 1 is 1.20 bits per heavy atom. The lowest BCUT2D eigenvalue weighted by molar-refractivity contribution is 0.648. The van der Waals surface area contributed by atoms with Gasteiger partial charge in [-0.1, -0.05) is 24.3 Å². The minimum atomic E-state index is -0.247. The third-order valence-electron chi connectivity index (χ3n) is 1.19. The molecular formula is C8H14OS. The second-order valence-corrected chi connectivity index (χ2v) is 3.34. The van der Waals surface area contributed by atoms with Crippen LogP contribution in [0.1, 0.15) is 20.8 Å². The van der Waals surface area contributed by atoms with Gasteiger partial charge in [0.25, 0.3) is 0 Å². The van der Waals surface area contributed by atoms with Crippen molar-refractivity contribution in [3.8, 4) is 0 Å². The maximum Gasteiger partial charge on any atom is 0.0750 e. The Balaban J connectivity index is 4.22. The Labute approximate surface area is 67.0 Å². The Morgan fingerprint density at radius 2 is 1.60 bits per heavy atom. The number of rotatable bonds is 3. The minimum absolute atomic E-state index is 0.247. The summed E-state index contributed by atoms with van der Waals surface area (Å²) < 4.78 is 8.62. The fourth-order valence-electron chi connectivity index (χ4n) is 0.778. The van der Waals surface area contributed by atoms with E-state index in [2.05, 4.69) is 0 Å². The molecule has 0 amide bonds. The van der Waals surface area contributed by atoms with Crippen molar-refractivity contribution in [3.05, 3.63) is 24.3 Å². The van der Waals surface area contributed by atoms with E-state index in [4.69, 9.17) is 4.55 Å². The molecule has 0 spiro atoms. The van der Waals surface area contributed by atoms with Gasteiger partial charge in [-0.25, -0.2) is 0 Å². The molecule has 0 fully saturated rings. The molecule has 0 aliphatic heterocycles. The predicted molar refractivity (Wildman–Crippen MR) is 48.3 cm³/mol. The van der Waals surface area contributed by atoms with E-state index in [1.165, 1.54) is 0 Å². The van der Waals surface area contributed by atoms with Gasteiger partial charge in [-0.15, -0.1) is 0 Å². The van der Waals surface area contributed by atoms with Crippen molar-refractivity contribution in [1.29, 1.82) is 0 Å². The van der Waals surface area contributed by atoms with E-state index >= 15 is 0 Å². The highest BCUT2D eigenvalue weighted by Crippen LogP contribution is 2.24. The smallest absolute Gasteiger partial charge is 0.0750 e. The van der Waals surface area contributed by atoms with Crippen molar-refractivity contribution in [2.75, 3.05) is 0 Å². The maximum absolute atomic E-state index is 8.86. The quantitative estimate of drug-likeness (QED) is 0.503. The molecule has 2 heteroatoms. The Bertz CT molecular complexity index is 126. The summed E-state index contributed by atoms with van der Waals surface area (Å²) in [5.74, 6) is 0. The molecule has 0 saturated carbocycles. The molecule has 0 aliphatic rings. The second-order valence-electron chi connectivity index (χ2n) is 2.28. The van der Waals surface area contributed by atoms with E-state index in [0.29, 0.717) is 0 Å². The zero-order valence-corrected chi connectivity index (χ0v) is 7.48. The van der Waals surface area contributed by atoms with E-state index in [1.807, 2.05) is 45.1 Å². The monoisotopic (exact) mass is 158 g/mol. The van der Waals surface area contributed by atoms with E-state index in [1.54, 1.807) is 0 Å². The van der Waals surface area contributed by atoms with Crippen LogP contribution in [-0.2, 0) is 0 Å². The van der Waals surface area contributed by atoms with Gasteiger partial charge in [0, 0.05) is 12.0 Å². The van der Waals surface area contributed by atoms with Crippen LogP contribution in [0, 0.1) is 0 Å². The first-order valence-corrected chi connectivity index (χ1v) is 4.06. The largest absolute Gasteiger partial charge is 0.329 e. The molecule has 1 N–H and O–H groups in total. The van der Waals surface area contributed by atoms with Gasteiger partial charge >= 0.3 is 0 Å². The highest BCUT2D eigenvalue weighted by atomic mass is 32.2. The molecule has 0 unspecified atom stereocenters. The Kier molecular flexibility index (Phi) is 4.49. The van der Waals surface area contributed by atoms with Crippen LogP contribution in [0.3, 0.4) is 0 Å². The van der Waals surface area contributed by atoms with E-state index in [9.17, 15) is 0 Å². The molecule has 0 atom stereocenters. The molecular weight excluding hydrogens is 144 g/mol. The lowest BCUT2D eigenvalue weighted by Crippen LogP contribution is -2.11. The first-order valence-electron chi connectivity index (χ1n) is 3.29. The van der Waals surface area contributed by atoms with Crippen LogP contribution in [0.25, 0.3) is 0 Å². The summed E-state index contributed by atoms with van der Waals surface area (Å²) in [5, 5.41) is 0. The molecule has 0 saturated heterocycles. The summed E-state index contributed by atoms with van der Waals surface area (Å²) in [7, 11) is 0. The fourth-order valence-corrected chi connectivity index (χ4v) is 1.17. The maximum atomic E-state index is 8.86. The van der Waals surface area contributed by atoms with Gasteiger partial charge in [-0.2, -0.15) is 0 Å². The first-order chi connectivity index (χ1) is 4.68. The van der Waals surface area contributed by atoms with Gasteiger partial charge in [-0.05, 0) is 20.8 Å². The Morgan fingerprint density at radius 3 is 1.80 bits per heavy atom. The normalized spacial score (nSPS) is 18.4. The van der Waals surface area contributed by atoms with Crippen molar-refractivity contribution in [2.24, 2.45) is 0 Å². The summed E-state index contributed by atoms with van der Waals surface area (Å²) in [6.07, 6.45) is 7.78. The zero-order valence-electron chi connectivity index (χ0n) is 6.66. The number of hydrogen-bond donors (Lipinski definition) is 1. The van der Waals surface area contributed by atoms with Crippen LogP contribution >= 0.6 is 12.0 Å². The molecule has 0 radical (unpaired) electrons. The number of allylic oxidation sites excluding steroid dienone is 2. The zero-order chi connectivity index (χ0) is 8.04. The molecule has 0 heterocycles. The van der Waals surface area contributed by atoms with Crippen molar-refractivity contribution in [1.82, 2.24) is 0 Å².